The average molecular weight is 285 g/mol. The minimum Gasteiger partial charge on any atom is -0.496 e. The molecule has 2 rings (SSSR count). The van der Waals surface area contributed by atoms with Crippen molar-refractivity contribution in [1.82, 2.24) is 0 Å². The summed E-state index contributed by atoms with van der Waals surface area (Å²) in [5, 5.41) is 11.5. The van der Waals surface area contributed by atoms with E-state index >= 15 is 0 Å². The van der Waals surface area contributed by atoms with Gasteiger partial charge in [0.2, 0.25) is 0 Å². The maximum Gasteiger partial charge on any atom is 0.186 e. The van der Waals surface area contributed by atoms with Crippen LogP contribution in [0.4, 0.5) is 0 Å². The smallest absolute Gasteiger partial charge is 0.186 e. The molecule has 2 aromatic rings. The highest BCUT2D eigenvalue weighted by molar-refractivity contribution is 6.69. The molecule has 0 N–H and O–H groups in total. The van der Waals surface area contributed by atoms with Crippen LogP contribution in [0.5, 0.6) is 5.75 Å². The molecule has 3 nitrogen and oxygen atoms in total. The van der Waals surface area contributed by atoms with Gasteiger partial charge in [0, 0.05) is 10.9 Å². The first-order valence-corrected chi connectivity index (χ1v) is 10.00. The summed E-state index contributed by atoms with van der Waals surface area (Å²) in [6.07, 6.45) is -0.530. The van der Waals surface area contributed by atoms with Crippen LogP contribution in [0.1, 0.15) is 11.7 Å². The highest BCUT2D eigenvalue weighted by Gasteiger charge is 2.24. The predicted molar refractivity (Wildman–Crippen MR) is 83.3 cm³/mol. The Morgan fingerprint density at radius 3 is 2.25 bits per heavy atom. The monoisotopic (exact) mass is 285 g/mol. The summed E-state index contributed by atoms with van der Waals surface area (Å²) in [4.78, 5) is 0. The lowest BCUT2D eigenvalue weighted by atomic mass is 10.0. The Balaban J connectivity index is 2.57. The molecule has 0 spiro atoms. The van der Waals surface area contributed by atoms with E-state index in [0.717, 1.165) is 22.1 Å². The lowest BCUT2D eigenvalue weighted by Gasteiger charge is -2.23. The van der Waals surface area contributed by atoms with Crippen LogP contribution in [0.25, 0.3) is 10.8 Å². The van der Waals surface area contributed by atoms with Crippen molar-refractivity contribution in [2.45, 2.75) is 25.7 Å². The van der Waals surface area contributed by atoms with E-state index in [2.05, 4.69) is 25.7 Å². The second-order valence-corrected chi connectivity index (χ2v) is 10.1. The molecule has 0 heterocycles. The minimum atomic E-state index is -1.79. The van der Waals surface area contributed by atoms with Crippen molar-refractivity contribution in [3.05, 3.63) is 42.0 Å². The summed E-state index contributed by atoms with van der Waals surface area (Å²) in [5.41, 5.74) is 0.909. The van der Waals surface area contributed by atoms with Crippen LogP contribution < -0.4 is 4.74 Å². The predicted octanol–water partition coefficient (Wildman–Crippen LogP) is 4.26. The number of rotatable bonds is 4. The summed E-state index contributed by atoms with van der Waals surface area (Å²) in [5.74, 6) is 0.814. The molecule has 0 saturated heterocycles. The van der Waals surface area contributed by atoms with Crippen molar-refractivity contribution in [3.63, 3.8) is 0 Å². The van der Waals surface area contributed by atoms with Crippen LogP contribution >= 0.6 is 0 Å². The molecular formula is C16H19NO2Si. The fraction of sp³-hybridized carbons (Fsp3) is 0.312. The topological polar surface area (TPSA) is 42.2 Å². The van der Waals surface area contributed by atoms with Gasteiger partial charge in [0.1, 0.15) is 5.75 Å². The quantitative estimate of drug-likeness (QED) is 0.788. The summed E-state index contributed by atoms with van der Waals surface area (Å²) >= 11 is 0. The third-order valence-corrected chi connectivity index (χ3v) is 3.95. The molecule has 0 bridgehead atoms. The van der Waals surface area contributed by atoms with Crippen molar-refractivity contribution < 1.29 is 9.16 Å². The third-order valence-electron chi connectivity index (χ3n) is 3.01. The van der Waals surface area contributed by atoms with Crippen LogP contribution in [0.3, 0.4) is 0 Å². The second-order valence-electron chi connectivity index (χ2n) is 5.64. The zero-order valence-corrected chi connectivity index (χ0v) is 13.3. The van der Waals surface area contributed by atoms with Gasteiger partial charge in [-0.1, -0.05) is 30.3 Å². The molecule has 0 radical (unpaired) electrons. The molecule has 1 atom stereocenters. The average Bonchev–Trinajstić information content (AvgIpc) is 2.42. The van der Waals surface area contributed by atoms with Crippen molar-refractivity contribution in [1.29, 1.82) is 5.26 Å². The fourth-order valence-corrected chi connectivity index (χ4v) is 3.10. The van der Waals surface area contributed by atoms with Gasteiger partial charge in [0.05, 0.1) is 13.2 Å². The van der Waals surface area contributed by atoms with Crippen LogP contribution in [0, 0.1) is 11.3 Å². The van der Waals surface area contributed by atoms with Crippen LogP contribution in [0.15, 0.2) is 36.4 Å². The molecule has 1 unspecified atom stereocenters. The number of methoxy groups -OCH3 is 1. The zero-order valence-electron chi connectivity index (χ0n) is 12.3. The molecule has 4 heteroatoms. The standard InChI is InChI=1S/C16H19NO2Si/c1-18-15-10-9-14(12-7-5-6-8-13(12)15)16(11-17)19-20(2,3)4/h5-10,16H,1-4H3. The molecule has 0 aromatic heterocycles. The molecule has 0 saturated carbocycles. The van der Waals surface area contributed by atoms with Crippen molar-refractivity contribution >= 4 is 19.1 Å². The Kier molecular flexibility index (Phi) is 4.12. The highest BCUT2D eigenvalue weighted by atomic mass is 28.4. The molecule has 104 valence electrons. The lowest BCUT2D eigenvalue weighted by Crippen LogP contribution is -2.27. The minimum absolute atomic E-state index is 0.530. The van der Waals surface area contributed by atoms with Gasteiger partial charge < -0.3 is 9.16 Å². The largest absolute Gasteiger partial charge is 0.496 e. The summed E-state index contributed by atoms with van der Waals surface area (Å²) in [6, 6.07) is 14.0. The van der Waals surface area contributed by atoms with E-state index in [-0.39, 0.29) is 0 Å². The second kappa shape index (κ2) is 5.66. The molecule has 0 amide bonds. The number of hydrogen-bond donors (Lipinski definition) is 0. The van der Waals surface area contributed by atoms with Gasteiger partial charge in [0.15, 0.2) is 14.4 Å². The van der Waals surface area contributed by atoms with Gasteiger partial charge in [-0.3, -0.25) is 0 Å². The summed E-state index contributed by atoms with van der Waals surface area (Å²) < 4.78 is 11.4. The number of fused-ring (bicyclic) bond motifs is 1. The van der Waals surface area contributed by atoms with E-state index in [0.29, 0.717) is 0 Å². The highest BCUT2D eigenvalue weighted by Crippen LogP contribution is 2.33. The van der Waals surface area contributed by atoms with Crippen molar-refractivity contribution in [2.24, 2.45) is 0 Å². The van der Waals surface area contributed by atoms with Crippen molar-refractivity contribution in [3.8, 4) is 11.8 Å². The Hall–Kier alpha value is -1.83. The van der Waals surface area contributed by atoms with E-state index < -0.39 is 14.4 Å². The van der Waals surface area contributed by atoms with Crippen LogP contribution in [-0.2, 0) is 4.43 Å². The van der Waals surface area contributed by atoms with Gasteiger partial charge in [-0.05, 0) is 31.1 Å². The van der Waals surface area contributed by atoms with Gasteiger partial charge in [0.25, 0.3) is 0 Å². The molecule has 0 aliphatic rings. The number of nitrogens with zero attached hydrogens (tertiary/aromatic N) is 1. The number of nitriles is 1. The molecular weight excluding hydrogens is 266 g/mol. The van der Waals surface area contributed by atoms with Gasteiger partial charge >= 0.3 is 0 Å². The lowest BCUT2D eigenvalue weighted by molar-refractivity contribution is 0.256. The van der Waals surface area contributed by atoms with Gasteiger partial charge in [-0.25, -0.2) is 0 Å². The van der Waals surface area contributed by atoms with E-state index in [9.17, 15) is 5.26 Å². The SMILES string of the molecule is COc1ccc(C(C#N)O[Si](C)(C)C)c2ccccc12. The zero-order chi connectivity index (χ0) is 14.8. The summed E-state index contributed by atoms with van der Waals surface area (Å²) in [6.45, 7) is 6.26. The van der Waals surface area contributed by atoms with Gasteiger partial charge in [-0.15, -0.1) is 0 Å². The molecule has 0 fully saturated rings. The van der Waals surface area contributed by atoms with E-state index in [4.69, 9.17) is 9.16 Å². The Morgan fingerprint density at radius 1 is 1.05 bits per heavy atom. The number of ether oxygens (including phenoxy) is 1. The Labute approximate surface area is 120 Å². The molecule has 2 aromatic carbocycles. The Morgan fingerprint density at radius 2 is 1.70 bits per heavy atom. The fourth-order valence-electron chi connectivity index (χ4n) is 2.21. The van der Waals surface area contributed by atoms with Crippen molar-refractivity contribution in [2.75, 3.05) is 7.11 Å². The van der Waals surface area contributed by atoms with Gasteiger partial charge in [-0.2, -0.15) is 5.26 Å². The number of benzene rings is 2. The third kappa shape index (κ3) is 3.01. The Bertz CT molecular complexity index is 656. The summed E-state index contributed by atoms with van der Waals surface area (Å²) in [7, 11) is -0.133. The van der Waals surface area contributed by atoms with Crippen LogP contribution in [0.2, 0.25) is 19.6 Å². The normalized spacial score (nSPS) is 12.9. The van der Waals surface area contributed by atoms with E-state index in [1.807, 2.05) is 36.4 Å². The first-order chi connectivity index (χ1) is 9.46. The van der Waals surface area contributed by atoms with E-state index in [1.165, 1.54) is 0 Å². The number of hydrogen-bond acceptors (Lipinski definition) is 3. The van der Waals surface area contributed by atoms with E-state index in [1.54, 1.807) is 7.11 Å². The first-order valence-electron chi connectivity index (χ1n) is 6.59. The van der Waals surface area contributed by atoms with Crippen LogP contribution in [-0.4, -0.2) is 15.4 Å². The first kappa shape index (κ1) is 14.6. The maximum atomic E-state index is 9.44. The molecule has 0 aliphatic heterocycles. The maximum absolute atomic E-state index is 9.44. The molecule has 0 aliphatic carbocycles. The molecule has 20 heavy (non-hydrogen) atoms.